The minimum absolute atomic E-state index is 0.0710. The first kappa shape index (κ1) is 13.1. The molecule has 0 aromatic rings. The Labute approximate surface area is 105 Å². The molecular weight excluding hydrogens is 212 g/mol. The molecule has 0 spiro atoms. The van der Waals surface area contributed by atoms with Gasteiger partial charge in [-0.3, -0.25) is 0 Å². The molecule has 4 atom stereocenters. The second-order valence-electron chi connectivity index (χ2n) is 7.08. The summed E-state index contributed by atoms with van der Waals surface area (Å²) in [6, 6.07) is 0. The number of aliphatic hydroxyl groups is 2. The van der Waals surface area contributed by atoms with E-state index in [1.54, 1.807) is 13.8 Å². The van der Waals surface area contributed by atoms with Gasteiger partial charge in [-0.05, 0) is 56.3 Å². The molecule has 0 aromatic carbocycles. The second-order valence-corrected chi connectivity index (χ2v) is 7.08. The van der Waals surface area contributed by atoms with Crippen LogP contribution in [-0.4, -0.2) is 21.9 Å². The van der Waals surface area contributed by atoms with Gasteiger partial charge in [0.1, 0.15) is 0 Å². The summed E-state index contributed by atoms with van der Waals surface area (Å²) in [5, 5.41) is 19.9. The number of rotatable bonds is 3. The van der Waals surface area contributed by atoms with E-state index in [2.05, 4.69) is 19.9 Å². The summed E-state index contributed by atoms with van der Waals surface area (Å²) < 4.78 is 0. The first-order chi connectivity index (χ1) is 7.69. The fourth-order valence-electron chi connectivity index (χ4n) is 3.99. The lowest BCUT2D eigenvalue weighted by atomic mass is 9.66. The van der Waals surface area contributed by atoms with Crippen molar-refractivity contribution in [1.82, 2.24) is 0 Å². The molecule has 2 aliphatic rings. The van der Waals surface area contributed by atoms with Crippen LogP contribution in [-0.2, 0) is 0 Å². The highest BCUT2D eigenvalue weighted by molar-refractivity contribution is 5.15. The molecular formula is C15H26O2. The Balaban J connectivity index is 2.13. The molecule has 17 heavy (non-hydrogen) atoms. The second kappa shape index (κ2) is 3.83. The highest BCUT2D eigenvalue weighted by atomic mass is 16.3. The van der Waals surface area contributed by atoms with Crippen LogP contribution in [0.1, 0.15) is 53.4 Å². The van der Waals surface area contributed by atoms with Gasteiger partial charge in [0.25, 0.3) is 0 Å². The zero-order valence-electron chi connectivity index (χ0n) is 11.5. The van der Waals surface area contributed by atoms with Crippen LogP contribution < -0.4 is 0 Å². The summed E-state index contributed by atoms with van der Waals surface area (Å²) in [5.41, 5.74) is -0.455. The molecule has 2 fully saturated rings. The lowest BCUT2D eigenvalue weighted by Crippen LogP contribution is -2.37. The Bertz CT molecular complexity index is 328. The highest BCUT2D eigenvalue weighted by Crippen LogP contribution is 2.67. The molecule has 2 bridgehead atoms. The van der Waals surface area contributed by atoms with Gasteiger partial charge in [0.2, 0.25) is 0 Å². The normalized spacial score (nSPS) is 46.0. The zero-order valence-corrected chi connectivity index (χ0v) is 11.5. The Morgan fingerprint density at radius 3 is 2.41 bits per heavy atom. The first-order valence-corrected chi connectivity index (χ1v) is 6.77. The first-order valence-electron chi connectivity index (χ1n) is 6.77. The highest BCUT2D eigenvalue weighted by Gasteiger charge is 2.62. The van der Waals surface area contributed by atoms with E-state index in [9.17, 15) is 10.2 Å². The molecule has 0 radical (unpaired) electrons. The van der Waals surface area contributed by atoms with Gasteiger partial charge < -0.3 is 10.2 Å². The van der Waals surface area contributed by atoms with Gasteiger partial charge in [0, 0.05) is 0 Å². The summed E-state index contributed by atoms with van der Waals surface area (Å²) in [6.07, 6.45) is 8.17. The average molecular weight is 238 g/mol. The Morgan fingerprint density at radius 2 is 2.00 bits per heavy atom. The number of aliphatic hydroxyl groups excluding tert-OH is 1. The predicted molar refractivity (Wildman–Crippen MR) is 69.6 cm³/mol. The SMILES string of the molecule is CC(C)(O)/C=C/C[C@@]1(C)[C@H]2CC[C@]1(C)[C@H](O)C2. The van der Waals surface area contributed by atoms with Crippen molar-refractivity contribution in [3.05, 3.63) is 12.2 Å². The maximum Gasteiger partial charge on any atom is 0.0771 e. The molecule has 0 aliphatic heterocycles. The lowest BCUT2D eigenvalue weighted by Gasteiger charge is -2.39. The minimum Gasteiger partial charge on any atom is -0.393 e. The predicted octanol–water partition coefficient (Wildman–Crippen LogP) is 2.89. The van der Waals surface area contributed by atoms with Crippen LogP contribution >= 0.6 is 0 Å². The van der Waals surface area contributed by atoms with Crippen LogP contribution in [0.5, 0.6) is 0 Å². The van der Waals surface area contributed by atoms with Crippen molar-refractivity contribution in [3.63, 3.8) is 0 Å². The van der Waals surface area contributed by atoms with Crippen LogP contribution in [0.2, 0.25) is 0 Å². The molecule has 2 nitrogen and oxygen atoms in total. The summed E-state index contributed by atoms with van der Waals surface area (Å²) in [7, 11) is 0. The van der Waals surface area contributed by atoms with Gasteiger partial charge >= 0.3 is 0 Å². The topological polar surface area (TPSA) is 40.5 Å². The van der Waals surface area contributed by atoms with Crippen LogP contribution in [0.15, 0.2) is 12.2 Å². The fourth-order valence-corrected chi connectivity index (χ4v) is 3.99. The van der Waals surface area contributed by atoms with Crippen LogP contribution in [0.25, 0.3) is 0 Å². The van der Waals surface area contributed by atoms with Gasteiger partial charge in [-0.1, -0.05) is 26.0 Å². The molecule has 2 N–H and O–H groups in total. The number of hydrogen-bond acceptors (Lipinski definition) is 2. The van der Waals surface area contributed by atoms with Crippen molar-refractivity contribution in [2.45, 2.75) is 65.1 Å². The van der Waals surface area contributed by atoms with Crippen molar-refractivity contribution in [3.8, 4) is 0 Å². The van der Waals surface area contributed by atoms with Crippen molar-refractivity contribution < 1.29 is 10.2 Å². The van der Waals surface area contributed by atoms with Crippen LogP contribution in [0, 0.1) is 16.7 Å². The Morgan fingerprint density at radius 1 is 1.35 bits per heavy atom. The Hall–Kier alpha value is -0.340. The minimum atomic E-state index is -0.729. The summed E-state index contributed by atoms with van der Waals surface area (Å²) in [5.74, 6) is 0.647. The van der Waals surface area contributed by atoms with E-state index < -0.39 is 5.60 Å². The number of hydrogen-bond donors (Lipinski definition) is 2. The van der Waals surface area contributed by atoms with Gasteiger partial charge in [0.15, 0.2) is 0 Å². The standard InChI is InChI=1S/C15H26O2/c1-13(2,17)7-5-8-14(3)11-6-9-15(14,4)12(16)10-11/h5,7,11-12,16-17H,6,8-10H2,1-4H3/b7-5+/t11-,12+,14-,15+/m0/s1. The molecule has 0 unspecified atom stereocenters. The summed E-state index contributed by atoms with van der Waals surface area (Å²) in [6.45, 7) is 8.15. The fraction of sp³-hybridized carbons (Fsp3) is 0.867. The summed E-state index contributed by atoms with van der Waals surface area (Å²) in [4.78, 5) is 0. The van der Waals surface area contributed by atoms with E-state index >= 15 is 0 Å². The van der Waals surface area contributed by atoms with E-state index in [0.29, 0.717) is 5.92 Å². The molecule has 2 aliphatic carbocycles. The van der Waals surface area contributed by atoms with Crippen molar-refractivity contribution in [2.75, 3.05) is 0 Å². The van der Waals surface area contributed by atoms with E-state index in [4.69, 9.17) is 0 Å². The van der Waals surface area contributed by atoms with Gasteiger partial charge in [0.05, 0.1) is 11.7 Å². The Kier molecular flexibility index (Phi) is 2.95. The van der Waals surface area contributed by atoms with Crippen molar-refractivity contribution in [1.29, 1.82) is 0 Å². The molecule has 98 valence electrons. The van der Waals surface area contributed by atoms with Crippen LogP contribution in [0.4, 0.5) is 0 Å². The largest absolute Gasteiger partial charge is 0.393 e. The van der Waals surface area contributed by atoms with Crippen molar-refractivity contribution in [2.24, 2.45) is 16.7 Å². The van der Waals surface area contributed by atoms with E-state index in [0.717, 1.165) is 19.3 Å². The van der Waals surface area contributed by atoms with E-state index in [-0.39, 0.29) is 16.9 Å². The third-order valence-electron chi connectivity index (χ3n) is 5.53. The van der Waals surface area contributed by atoms with Gasteiger partial charge in [-0.25, -0.2) is 0 Å². The number of allylic oxidation sites excluding steroid dienone is 1. The average Bonchev–Trinajstić information content (AvgIpc) is 2.50. The molecule has 0 saturated heterocycles. The monoisotopic (exact) mass is 238 g/mol. The quantitative estimate of drug-likeness (QED) is 0.742. The van der Waals surface area contributed by atoms with E-state index in [1.807, 2.05) is 6.08 Å². The molecule has 2 rings (SSSR count). The van der Waals surface area contributed by atoms with Gasteiger partial charge in [-0.2, -0.15) is 0 Å². The molecule has 0 amide bonds. The van der Waals surface area contributed by atoms with Gasteiger partial charge in [-0.15, -0.1) is 0 Å². The molecule has 0 aromatic heterocycles. The third kappa shape index (κ3) is 1.96. The van der Waals surface area contributed by atoms with E-state index in [1.165, 1.54) is 6.42 Å². The third-order valence-corrected chi connectivity index (χ3v) is 5.53. The van der Waals surface area contributed by atoms with Crippen LogP contribution in [0.3, 0.4) is 0 Å². The maximum atomic E-state index is 10.2. The number of fused-ring (bicyclic) bond motifs is 2. The molecule has 2 heteroatoms. The molecule has 2 saturated carbocycles. The smallest absolute Gasteiger partial charge is 0.0771 e. The molecule has 0 heterocycles. The lowest BCUT2D eigenvalue weighted by molar-refractivity contribution is 0.00624. The van der Waals surface area contributed by atoms with Crippen molar-refractivity contribution >= 4 is 0 Å². The maximum absolute atomic E-state index is 10.2. The zero-order chi connectivity index (χ0) is 12.9. The summed E-state index contributed by atoms with van der Waals surface area (Å²) >= 11 is 0.